The molecule has 0 radical (unpaired) electrons. The molecular formula is C49H47N7. The van der Waals surface area contributed by atoms with Gasteiger partial charge < -0.3 is 4.57 Å². The van der Waals surface area contributed by atoms with Crippen LogP contribution in [0.2, 0.25) is 0 Å². The van der Waals surface area contributed by atoms with Gasteiger partial charge in [-0.15, -0.1) is 5.10 Å². The lowest BCUT2D eigenvalue weighted by Crippen LogP contribution is -2.39. The predicted octanol–water partition coefficient (Wildman–Crippen LogP) is 10.8. The Bertz CT molecular complexity index is 2540. The average molecular weight is 734 g/mol. The van der Waals surface area contributed by atoms with Gasteiger partial charge >= 0.3 is 0 Å². The van der Waals surface area contributed by atoms with E-state index in [0.29, 0.717) is 11.7 Å². The molecule has 0 aliphatic heterocycles. The van der Waals surface area contributed by atoms with Crippen LogP contribution in [0.3, 0.4) is 0 Å². The number of aromatic nitrogens is 7. The summed E-state index contributed by atoms with van der Waals surface area (Å²) in [6.45, 7) is 11.2. The van der Waals surface area contributed by atoms with Crippen molar-refractivity contribution in [2.45, 2.75) is 71.4 Å². The van der Waals surface area contributed by atoms with Gasteiger partial charge in [0.25, 0.3) is 0 Å². The van der Waals surface area contributed by atoms with Crippen LogP contribution in [-0.2, 0) is 18.4 Å². The highest BCUT2D eigenvalue weighted by molar-refractivity contribution is 5.82. The lowest BCUT2D eigenvalue weighted by molar-refractivity contribution is 0.451. The van der Waals surface area contributed by atoms with Crippen molar-refractivity contribution in [3.8, 4) is 22.5 Å². The number of imidazole rings is 1. The van der Waals surface area contributed by atoms with E-state index >= 15 is 0 Å². The smallest absolute Gasteiger partial charge is 0.184 e. The molecule has 0 saturated carbocycles. The molecule has 278 valence electrons. The first kappa shape index (κ1) is 35.5. The van der Waals surface area contributed by atoms with Crippen molar-refractivity contribution in [2.24, 2.45) is 5.92 Å². The number of tetrazole rings is 1. The van der Waals surface area contributed by atoms with Crippen molar-refractivity contribution in [1.29, 1.82) is 0 Å². The van der Waals surface area contributed by atoms with Crippen molar-refractivity contribution < 1.29 is 0 Å². The summed E-state index contributed by atoms with van der Waals surface area (Å²) in [6, 6.07) is 49.7. The Morgan fingerprint density at radius 1 is 0.696 bits per heavy atom. The SMILES string of the molecule is Cc1cc(CC(C)C)nc2c1nc(C(C)C)n2[C@H]1CCc2cc(-c3ccccc3-c3nnnn3C(c3ccccc3)(c3ccccc3)c3ccccc3)ccc21. The number of hydrogen-bond donors (Lipinski definition) is 0. The van der Waals surface area contributed by atoms with E-state index in [1.807, 2.05) is 4.68 Å². The maximum Gasteiger partial charge on any atom is 0.184 e. The minimum absolute atomic E-state index is 0.174. The second-order valence-electron chi connectivity index (χ2n) is 15.9. The third-order valence-electron chi connectivity index (χ3n) is 11.4. The Kier molecular flexibility index (Phi) is 9.16. The van der Waals surface area contributed by atoms with E-state index < -0.39 is 5.54 Å². The zero-order valence-electron chi connectivity index (χ0n) is 32.8. The third-order valence-corrected chi connectivity index (χ3v) is 11.4. The van der Waals surface area contributed by atoms with Gasteiger partial charge in [0.05, 0.1) is 6.04 Å². The largest absolute Gasteiger partial charge is 0.305 e. The van der Waals surface area contributed by atoms with Gasteiger partial charge in [0.15, 0.2) is 11.5 Å². The highest BCUT2D eigenvalue weighted by Crippen LogP contribution is 2.45. The highest BCUT2D eigenvalue weighted by Gasteiger charge is 2.42. The summed E-state index contributed by atoms with van der Waals surface area (Å²) in [7, 11) is 0. The molecule has 9 rings (SSSR count). The number of hydrogen-bond acceptors (Lipinski definition) is 5. The first-order valence-electron chi connectivity index (χ1n) is 19.9. The number of rotatable bonds is 10. The topological polar surface area (TPSA) is 74.3 Å². The number of pyridine rings is 1. The summed E-state index contributed by atoms with van der Waals surface area (Å²) in [4.78, 5) is 10.5. The van der Waals surface area contributed by atoms with Crippen molar-refractivity contribution >= 4 is 11.2 Å². The van der Waals surface area contributed by atoms with E-state index in [0.717, 1.165) is 75.3 Å². The van der Waals surface area contributed by atoms with Crippen LogP contribution < -0.4 is 0 Å². The van der Waals surface area contributed by atoms with Crippen molar-refractivity contribution in [1.82, 2.24) is 34.7 Å². The van der Waals surface area contributed by atoms with Crippen molar-refractivity contribution in [2.75, 3.05) is 0 Å². The molecule has 0 N–H and O–H groups in total. The van der Waals surface area contributed by atoms with Crippen LogP contribution in [0.4, 0.5) is 0 Å². The Hall–Kier alpha value is -6.21. The highest BCUT2D eigenvalue weighted by atomic mass is 15.6. The van der Waals surface area contributed by atoms with E-state index in [1.165, 1.54) is 16.7 Å². The molecule has 1 aliphatic rings. The van der Waals surface area contributed by atoms with Crippen LogP contribution in [0.5, 0.6) is 0 Å². The summed E-state index contributed by atoms with van der Waals surface area (Å²) < 4.78 is 4.48. The van der Waals surface area contributed by atoms with Gasteiger partial charge in [-0.1, -0.05) is 161 Å². The summed E-state index contributed by atoms with van der Waals surface area (Å²) in [6.07, 6.45) is 2.94. The zero-order chi connectivity index (χ0) is 38.4. The van der Waals surface area contributed by atoms with Crippen LogP contribution >= 0.6 is 0 Å². The van der Waals surface area contributed by atoms with Crippen LogP contribution in [0.15, 0.2) is 140 Å². The van der Waals surface area contributed by atoms with Gasteiger partial charge in [-0.25, -0.2) is 14.6 Å². The van der Waals surface area contributed by atoms with E-state index in [1.54, 1.807) is 0 Å². The molecule has 8 aromatic rings. The second-order valence-corrected chi connectivity index (χ2v) is 15.9. The summed E-state index contributed by atoms with van der Waals surface area (Å²) in [5.41, 5.74) is 12.7. The molecule has 5 aromatic carbocycles. The summed E-state index contributed by atoms with van der Waals surface area (Å²) >= 11 is 0. The van der Waals surface area contributed by atoms with Crippen molar-refractivity contribution in [3.63, 3.8) is 0 Å². The standard InChI is InChI=1S/C49H47N7/c1-32(2)29-40-30-34(5)45-48(50-40)55(46(51-45)33(3)4)44-28-26-36-31-35(25-27-42(36)44)41-23-15-16-24-43(41)47-52-53-54-56(47)49(37-17-9-6-10-18-37,38-19-11-7-12-20-38)39-21-13-8-14-22-39/h6-25,27,30-33,44H,26,28-29H2,1-5H3/t44-/m0/s1. The molecule has 1 atom stereocenters. The molecule has 1 aliphatic carbocycles. The van der Waals surface area contributed by atoms with E-state index in [9.17, 15) is 0 Å². The number of fused-ring (bicyclic) bond motifs is 2. The predicted molar refractivity (Wildman–Crippen MR) is 225 cm³/mol. The molecule has 3 heterocycles. The molecule has 0 saturated heterocycles. The molecule has 7 heteroatoms. The van der Waals surface area contributed by atoms with Gasteiger partial charge in [-0.3, -0.25) is 0 Å². The van der Waals surface area contributed by atoms with Crippen LogP contribution in [0.1, 0.15) is 91.0 Å². The van der Waals surface area contributed by atoms with Gasteiger partial charge in [0, 0.05) is 17.2 Å². The fourth-order valence-electron chi connectivity index (χ4n) is 8.98. The minimum atomic E-state index is -0.843. The zero-order valence-corrected chi connectivity index (χ0v) is 32.8. The van der Waals surface area contributed by atoms with E-state index in [-0.39, 0.29) is 12.0 Å². The average Bonchev–Trinajstić information content (AvgIpc) is 3.97. The number of benzene rings is 5. The molecule has 0 spiro atoms. The second kappa shape index (κ2) is 14.5. The lowest BCUT2D eigenvalue weighted by Gasteiger charge is -2.36. The Morgan fingerprint density at radius 3 is 1.91 bits per heavy atom. The third kappa shape index (κ3) is 5.93. The molecule has 56 heavy (non-hydrogen) atoms. The molecule has 7 nitrogen and oxygen atoms in total. The first-order valence-corrected chi connectivity index (χ1v) is 19.9. The van der Waals surface area contributed by atoms with Crippen LogP contribution in [-0.4, -0.2) is 34.7 Å². The molecule has 0 amide bonds. The van der Waals surface area contributed by atoms with Gasteiger partial charge in [-0.05, 0) is 93.1 Å². The fourth-order valence-corrected chi connectivity index (χ4v) is 8.98. The van der Waals surface area contributed by atoms with Crippen molar-refractivity contribution in [3.05, 3.63) is 184 Å². The maximum absolute atomic E-state index is 5.27. The molecule has 0 unspecified atom stereocenters. The first-order chi connectivity index (χ1) is 27.3. The molecule has 0 fully saturated rings. The Morgan fingerprint density at radius 2 is 1.30 bits per heavy atom. The van der Waals surface area contributed by atoms with Gasteiger partial charge in [0.1, 0.15) is 16.9 Å². The quantitative estimate of drug-likeness (QED) is 0.131. The lowest BCUT2D eigenvalue weighted by atomic mass is 9.77. The minimum Gasteiger partial charge on any atom is -0.305 e. The Balaban J connectivity index is 1.18. The van der Waals surface area contributed by atoms with Gasteiger partial charge in [-0.2, -0.15) is 0 Å². The fraction of sp³-hybridized carbons (Fsp3) is 0.245. The van der Waals surface area contributed by atoms with E-state index in [2.05, 4.69) is 184 Å². The normalized spacial score (nSPS) is 14.2. The van der Waals surface area contributed by atoms with Gasteiger partial charge in [0.2, 0.25) is 0 Å². The summed E-state index contributed by atoms with van der Waals surface area (Å²) in [5.74, 6) is 2.61. The maximum atomic E-state index is 5.27. The monoisotopic (exact) mass is 733 g/mol. The number of nitrogens with zero attached hydrogens (tertiary/aromatic N) is 7. The molecular weight excluding hydrogens is 687 g/mol. The van der Waals surface area contributed by atoms with Crippen LogP contribution in [0.25, 0.3) is 33.7 Å². The molecule has 0 bridgehead atoms. The Labute approximate surface area is 329 Å². The van der Waals surface area contributed by atoms with E-state index in [4.69, 9.17) is 20.3 Å². The van der Waals surface area contributed by atoms with Crippen LogP contribution in [0, 0.1) is 12.8 Å². The molecule has 3 aromatic heterocycles. The number of aryl methyl sites for hydroxylation is 2. The summed E-state index contributed by atoms with van der Waals surface area (Å²) in [5, 5.41) is 14.0.